The smallest absolute Gasteiger partial charge is 0.187 e. The van der Waals surface area contributed by atoms with Crippen molar-refractivity contribution in [3.63, 3.8) is 0 Å². The van der Waals surface area contributed by atoms with Gasteiger partial charge in [0.1, 0.15) is 0 Å². The molecule has 0 saturated heterocycles. The summed E-state index contributed by atoms with van der Waals surface area (Å²) >= 11 is 0. The molecule has 0 spiro atoms. The van der Waals surface area contributed by atoms with Crippen molar-refractivity contribution in [2.24, 2.45) is 0 Å². The van der Waals surface area contributed by atoms with E-state index in [1.54, 1.807) is 0 Å². The van der Waals surface area contributed by atoms with Crippen LogP contribution in [-0.4, -0.2) is 20.7 Å². The van der Waals surface area contributed by atoms with E-state index in [4.69, 9.17) is 9.16 Å². The molecule has 0 N–H and O–H groups in total. The first kappa shape index (κ1) is 13.5. The highest BCUT2D eigenvalue weighted by molar-refractivity contribution is 6.69. The molecule has 0 atom stereocenters. The third-order valence-electron chi connectivity index (χ3n) is 2.70. The van der Waals surface area contributed by atoms with Crippen molar-refractivity contribution in [1.82, 2.24) is 0 Å². The highest BCUT2D eigenvalue weighted by Gasteiger charge is 2.48. The summed E-state index contributed by atoms with van der Waals surface area (Å²) in [7, 11) is -1.50. The molecule has 0 unspecified atom stereocenters. The summed E-state index contributed by atoms with van der Waals surface area (Å²) in [6, 6.07) is 10.3. The number of rotatable bonds is 6. The first-order valence-corrected chi connectivity index (χ1v) is 9.96. The molecule has 0 aliphatic heterocycles. The lowest BCUT2D eigenvalue weighted by molar-refractivity contribution is -0.100. The lowest BCUT2D eigenvalue weighted by Gasteiger charge is -2.25. The molecule has 1 aliphatic rings. The second kappa shape index (κ2) is 5.39. The fraction of sp³-hybridized carbons (Fsp3) is 0.467. The molecule has 0 aromatic heterocycles. The van der Waals surface area contributed by atoms with Crippen molar-refractivity contribution < 1.29 is 9.16 Å². The van der Waals surface area contributed by atoms with Crippen LogP contribution in [0.4, 0.5) is 0 Å². The highest BCUT2D eigenvalue weighted by Crippen LogP contribution is 2.42. The van der Waals surface area contributed by atoms with E-state index in [0.717, 1.165) is 12.8 Å². The van der Waals surface area contributed by atoms with Crippen LogP contribution in [0.1, 0.15) is 18.4 Å². The fourth-order valence-corrected chi connectivity index (χ4v) is 3.26. The molecule has 0 amide bonds. The Hall–Kier alpha value is -0.903. The van der Waals surface area contributed by atoms with Gasteiger partial charge in [-0.25, -0.2) is 0 Å². The minimum Gasteiger partial charge on any atom is -0.391 e. The second-order valence-electron chi connectivity index (χ2n) is 5.75. The number of benzene rings is 1. The Balaban J connectivity index is 1.77. The van der Waals surface area contributed by atoms with Gasteiger partial charge in [0.05, 0.1) is 6.61 Å². The van der Waals surface area contributed by atoms with Crippen molar-refractivity contribution in [3.8, 4) is 0 Å². The van der Waals surface area contributed by atoms with Gasteiger partial charge in [-0.15, -0.1) is 0 Å². The topological polar surface area (TPSA) is 18.5 Å². The Morgan fingerprint density at radius 1 is 1.17 bits per heavy atom. The van der Waals surface area contributed by atoms with Crippen molar-refractivity contribution in [2.45, 2.75) is 38.3 Å². The van der Waals surface area contributed by atoms with Gasteiger partial charge in [-0.3, -0.25) is 0 Å². The van der Waals surface area contributed by atoms with E-state index in [9.17, 15) is 0 Å². The maximum Gasteiger partial charge on any atom is 0.187 e. The molecule has 1 aromatic rings. The third kappa shape index (κ3) is 4.41. The summed E-state index contributed by atoms with van der Waals surface area (Å²) in [5, 5.41) is 0. The lowest BCUT2D eigenvalue weighted by Crippen LogP contribution is -2.35. The minimum absolute atomic E-state index is 0.258. The summed E-state index contributed by atoms with van der Waals surface area (Å²) in [6.07, 6.45) is 6.22. The predicted octanol–water partition coefficient (Wildman–Crippen LogP) is 4.06. The fourth-order valence-electron chi connectivity index (χ4n) is 1.88. The van der Waals surface area contributed by atoms with Crippen LogP contribution in [0.15, 0.2) is 36.4 Å². The molecule has 18 heavy (non-hydrogen) atoms. The standard InChI is InChI=1S/C15H22O2Si/c1-18(2,3)17-15(11-12-15)16-13-7-10-14-8-5-4-6-9-14/h4-10H,11-13H2,1-3H3. The third-order valence-corrected chi connectivity index (χ3v) is 3.69. The van der Waals surface area contributed by atoms with E-state index in [1.165, 1.54) is 5.56 Å². The normalized spacial score (nSPS) is 18.2. The van der Waals surface area contributed by atoms with Crippen LogP contribution in [-0.2, 0) is 9.16 Å². The Kier molecular flexibility index (Phi) is 4.05. The molecule has 0 heterocycles. The maximum atomic E-state index is 6.07. The van der Waals surface area contributed by atoms with Gasteiger partial charge in [0, 0.05) is 12.8 Å². The van der Waals surface area contributed by atoms with Crippen LogP contribution < -0.4 is 0 Å². The van der Waals surface area contributed by atoms with Crippen LogP contribution in [0.5, 0.6) is 0 Å². The van der Waals surface area contributed by atoms with Gasteiger partial charge in [-0.2, -0.15) is 0 Å². The van der Waals surface area contributed by atoms with E-state index in [0.29, 0.717) is 6.61 Å². The maximum absolute atomic E-state index is 6.07. The van der Waals surface area contributed by atoms with Crippen molar-refractivity contribution in [2.75, 3.05) is 6.61 Å². The zero-order valence-electron chi connectivity index (χ0n) is 11.5. The molecule has 0 bridgehead atoms. The number of hydrogen-bond acceptors (Lipinski definition) is 2. The summed E-state index contributed by atoms with van der Waals surface area (Å²) in [4.78, 5) is 0. The van der Waals surface area contributed by atoms with Gasteiger partial charge in [0.25, 0.3) is 0 Å². The molecule has 1 fully saturated rings. The second-order valence-corrected chi connectivity index (χ2v) is 10.2. The quantitative estimate of drug-likeness (QED) is 0.568. The number of ether oxygens (including phenoxy) is 1. The molecule has 1 aliphatic carbocycles. The summed E-state index contributed by atoms with van der Waals surface area (Å²) < 4.78 is 11.9. The van der Waals surface area contributed by atoms with E-state index in [1.807, 2.05) is 18.2 Å². The van der Waals surface area contributed by atoms with Crippen LogP contribution in [0, 0.1) is 0 Å². The van der Waals surface area contributed by atoms with E-state index in [2.05, 4.69) is 43.9 Å². The first-order valence-electron chi connectivity index (χ1n) is 6.55. The molecular formula is C15H22O2Si. The summed E-state index contributed by atoms with van der Waals surface area (Å²) in [5.74, 6) is -0.258. The van der Waals surface area contributed by atoms with Crippen LogP contribution in [0.2, 0.25) is 19.6 Å². The average Bonchev–Trinajstić information content (AvgIpc) is 3.04. The van der Waals surface area contributed by atoms with E-state index < -0.39 is 8.32 Å². The lowest BCUT2D eigenvalue weighted by atomic mass is 10.2. The SMILES string of the molecule is C[Si](C)(C)OC1(OCC=Cc2ccccc2)CC1. The average molecular weight is 262 g/mol. The Bertz CT molecular complexity index is 402. The summed E-state index contributed by atoms with van der Waals surface area (Å²) in [5.41, 5.74) is 1.21. The van der Waals surface area contributed by atoms with E-state index in [-0.39, 0.29) is 5.79 Å². The van der Waals surface area contributed by atoms with Gasteiger partial charge in [-0.05, 0) is 25.2 Å². The minimum atomic E-state index is -1.50. The van der Waals surface area contributed by atoms with Crippen LogP contribution in [0.25, 0.3) is 6.08 Å². The van der Waals surface area contributed by atoms with Gasteiger partial charge >= 0.3 is 0 Å². The Morgan fingerprint density at radius 3 is 2.39 bits per heavy atom. The van der Waals surface area contributed by atoms with Crippen molar-refractivity contribution in [1.29, 1.82) is 0 Å². The number of hydrogen-bond donors (Lipinski definition) is 0. The molecule has 1 aromatic carbocycles. The van der Waals surface area contributed by atoms with Gasteiger partial charge in [0.2, 0.25) is 0 Å². The molecule has 98 valence electrons. The monoisotopic (exact) mass is 262 g/mol. The van der Waals surface area contributed by atoms with E-state index >= 15 is 0 Å². The van der Waals surface area contributed by atoms with Gasteiger partial charge < -0.3 is 9.16 Å². The van der Waals surface area contributed by atoms with Crippen LogP contribution in [0.3, 0.4) is 0 Å². The summed E-state index contributed by atoms with van der Waals surface area (Å²) in [6.45, 7) is 7.24. The first-order chi connectivity index (χ1) is 8.49. The molecule has 0 radical (unpaired) electrons. The van der Waals surface area contributed by atoms with Gasteiger partial charge in [-0.1, -0.05) is 42.5 Å². The van der Waals surface area contributed by atoms with Gasteiger partial charge in [0.15, 0.2) is 14.1 Å². The molecule has 3 heteroatoms. The molecule has 1 saturated carbocycles. The molecule has 2 rings (SSSR count). The largest absolute Gasteiger partial charge is 0.391 e. The zero-order chi connectivity index (χ0) is 13.1. The molecule has 2 nitrogen and oxygen atoms in total. The highest BCUT2D eigenvalue weighted by atomic mass is 28.4. The van der Waals surface area contributed by atoms with Crippen molar-refractivity contribution >= 4 is 14.4 Å². The van der Waals surface area contributed by atoms with Crippen LogP contribution >= 0.6 is 0 Å². The van der Waals surface area contributed by atoms with Crippen molar-refractivity contribution in [3.05, 3.63) is 42.0 Å². The zero-order valence-corrected chi connectivity index (χ0v) is 12.5. The Morgan fingerprint density at radius 2 is 1.83 bits per heavy atom. The Labute approximate surface area is 111 Å². The molecular weight excluding hydrogens is 240 g/mol. The predicted molar refractivity (Wildman–Crippen MR) is 77.8 cm³/mol.